The first-order valence-electron chi connectivity index (χ1n) is 6.14. The van der Waals surface area contributed by atoms with Gasteiger partial charge >= 0.3 is 0 Å². The van der Waals surface area contributed by atoms with Gasteiger partial charge in [-0.3, -0.25) is 4.79 Å². The number of furan rings is 1. The molecule has 1 amide bonds. The zero-order valence-electron chi connectivity index (χ0n) is 11.1. The average molecular weight is 262 g/mol. The standard InChI is InChI=1S/C14H18N2O3/c1-10(6-11(2)17)9-16-14(18)12(8-15)7-13-4-3-5-19-13/h3-5,7,10-11,17H,6,9H2,1-2H3,(H,16,18). The van der Waals surface area contributed by atoms with Crippen molar-refractivity contribution in [1.29, 1.82) is 5.26 Å². The molecule has 1 rings (SSSR count). The van der Waals surface area contributed by atoms with Crippen LogP contribution in [0.4, 0.5) is 0 Å². The maximum absolute atomic E-state index is 11.8. The predicted molar refractivity (Wildman–Crippen MR) is 70.8 cm³/mol. The molecular weight excluding hydrogens is 244 g/mol. The maximum Gasteiger partial charge on any atom is 0.262 e. The van der Waals surface area contributed by atoms with Crippen LogP contribution in [0.1, 0.15) is 26.0 Å². The van der Waals surface area contributed by atoms with Crippen LogP contribution in [0, 0.1) is 17.2 Å². The van der Waals surface area contributed by atoms with E-state index >= 15 is 0 Å². The van der Waals surface area contributed by atoms with Gasteiger partial charge in [-0.15, -0.1) is 0 Å². The van der Waals surface area contributed by atoms with Crippen molar-refractivity contribution in [2.75, 3.05) is 6.54 Å². The van der Waals surface area contributed by atoms with E-state index in [1.54, 1.807) is 19.1 Å². The molecule has 2 unspecified atom stereocenters. The molecule has 0 bridgehead atoms. The summed E-state index contributed by atoms with van der Waals surface area (Å²) in [6.07, 6.45) is 3.07. The third-order valence-corrected chi connectivity index (χ3v) is 2.55. The zero-order chi connectivity index (χ0) is 14.3. The van der Waals surface area contributed by atoms with Crippen LogP contribution in [0.25, 0.3) is 6.08 Å². The Morgan fingerprint density at radius 3 is 2.89 bits per heavy atom. The minimum atomic E-state index is -0.434. The molecule has 0 radical (unpaired) electrons. The fourth-order valence-corrected chi connectivity index (χ4v) is 1.69. The van der Waals surface area contributed by atoms with Gasteiger partial charge in [-0.05, 0) is 31.4 Å². The number of amides is 1. The molecule has 1 heterocycles. The zero-order valence-corrected chi connectivity index (χ0v) is 11.1. The summed E-state index contributed by atoms with van der Waals surface area (Å²) in [6.45, 7) is 4.05. The SMILES string of the molecule is CC(O)CC(C)CNC(=O)C(C#N)=Cc1ccco1. The van der Waals surface area contributed by atoms with Gasteiger partial charge in [0.25, 0.3) is 5.91 Å². The lowest BCUT2D eigenvalue weighted by atomic mass is 10.0. The van der Waals surface area contributed by atoms with Gasteiger partial charge in [0, 0.05) is 12.6 Å². The molecule has 0 saturated carbocycles. The number of nitrogens with zero attached hydrogens (tertiary/aromatic N) is 1. The van der Waals surface area contributed by atoms with E-state index in [0.717, 1.165) is 0 Å². The van der Waals surface area contributed by atoms with E-state index < -0.39 is 12.0 Å². The highest BCUT2D eigenvalue weighted by Crippen LogP contribution is 2.08. The molecule has 0 fully saturated rings. The normalized spacial score (nSPS) is 14.5. The second-order valence-electron chi connectivity index (χ2n) is 4.59. The molecule has 1 aromatic rings. The van der Waals surface area contributed by atoms with E-state index in [4.69, 9.17) is 9.68 Å². The van der Waals surface area contributed by atoms with Crippen molar-refractivity contribution in [2.24, 2.45) is 5.92 Å². The molecule has 0 aliphatic carbocycles. The van der Waals surface area contributed by atoms with Crippen LogP contribution in [0.2, 0.25) is 0 Å². The molecule has 5 heteroatoms. The molecule has 2 N–H and O–H groups in total. The van der Waals surface area contributed by atoms with E-state index in [1.165, 1.54) is 12.3 Å². The number of hydrogen-bond acceptors (Lipinski definition) is 4. The maximum atomic E-state index is 11.8. The van der Waals surface area contributed by atoms with Gasteiger partial charge in [-0.1, -0.05) is 6.92 Å². The van der Waals surface area contributed by atoms with Crippen LogP contribution in [-0.2, 0) is 4.79 Å². The van der Waals surface area contributed by atoms with Crippen molar-refractivity contribution in [3.63, 3.8) is 0 Å². The molecule has 0 aliphatic heterocycles. The van der Waals surface area contributed by atoms with Gasteiger partial charge in [0.1, 0.15) is 17.4 Å². The van der Waals surface area contributed by atoms with E-state index in [9.17, 15) is 9.90 Å². The van der Waals surface area contributed by atoms with Crippen LogP contribution < -0.4 is 5.32 Å². The Morgan fingerprint density at radius 1 is 1.63 bits per heavy atom. The summed E-state index contributed by atoms with van der Waals surface area (Å²) in [5, 5.41) is 20.8. The summed E-state index contributed by atoms with van der Waals surface area (Å²) in [5.74, 6) is 0.174. The molecule has 1 aromatic heterocycles. The summed E-state index contributed by atoms with van der Waals surface area (Å²) >= 11 is 0. The topological polar surface area (TPSA) is 86.3 Å². The smallest absolute Gasteiger partial charge is 0.262 e. The molecule has 0 aromatic carbocycles. The van der Waals surface area contributed by atoms with Gasteiger partial charge in [0.2, 0.25) is 0 Å². The van der Waals surface area contributed by atoms with E-state index in [0.29, 0.717) is 18.7 Å². The molecular formula is C14H18N2O3. The van der Waals surface area contributed by atoms with E-state index in [2.05, 4.69) is 5.32 Å². The van der Waals surface area contributed by atoms with E-state index in [1.807, 2.05) is 13.0 Å². The minimum Gasteiger partial charge on any atom is -0.465 e. The van der Waals surface area contributed by atoms with Gasteiger partial charge in [0.05, 0.1) is 12.4 Å². The Labute approximate surface area is 112 Å². The number of rotatable bonds is 6. The molecule has 102 valence electrons. The Balaban J connectivity index is 2.54. The number of nitriles is 1. The Kier molecular flexibility index (Phi) is 5.83. The van der Waals surface area contributed by atoms with Crippen molar-refractivity contribution >= 4 is 12.0 Å². The van der Waals surface area contributed by atoms with Crippen LogP contribution in [0.15, 0.2) is 28.4 Å². The second kappa shape index (κ2) is 7.39. The molecule has 2 atom stereocenters. The number of aliphatic hydroxyl groups is 1. The first-order valence-corrected chi connectivity index (χ1v) is 6.14. The van der Waals surface area contributed by atoms with Crippen molar-refractivity contribution in [2.45, 2.75) is 26.4 Å². The van der Waals surface area contributed by atoms with Crippen LogP contribution in [-0.4, -0.2) is 23.7 Å². The largest absolute Gasteiger partial charge is 0.465 e. The summed E-state index contributed by atoms with van der Waals surface area (Å²) in [6, 6.07) is 5.20. The fraction of sp³-hybridized carbons (Fsp3) is 0.429. The highest BCUT2D eigenvalue weighted by molar-refractivity contribution is 6.01. The lowest BCUT2D eigenvalue weighted by Gasteiger charge is -2.13. The summed E-state index contributed by atoms with van der Waals surface area (Å²) < 4.78 is 5.05. The first-order chi connectivity index (χ1) is 9.02. The Morgan fingerprint density at radius 2 is 2.37 bits per heavy atom. The second-order valence-corrected chi connectivity index (χ2v) is 4.59. The number of carbonyl (C=O) groups excluding carboxylic acids is 1. The van der Waals surface area contributed by atoms with Crippen molar-refractivity contribution in [3.05, 3.63) is 29.7 Å². The molecule has 19 heavy (non-hydrogen) atoms. The van der Waals surface area contributed by atoms with Crippen LogP contribution >= 0.6 is 0 Å². The number of hydrogen-bond donors (Lipinski definition) is 2. The fourth-order valence-electron chi connectivity index (χ4n) is 1.69. The number of nitrogens with one attached hydrogen (secondary N) is 1. The lowest BCUT2D eigenvalue weighted by molar-refractivity contribution is -0.117. The third-order valence-electron chi connectivity index (χ3n) is 2.55. The summed E-state index contributed by atoms with van der Waals surface area (Å²) in [5.41, 5.74) is -0.000744. The average Bonchev–Trinajstić information content (AvgIpc) is 2.85. The summed E-state index contributed by atoms with van der Waals surface area (Å²) in [7, 11) is 0. The predicted octanol–water partition coefficient (Wildman–Crippen LogP) is 1.71. The summed E-state index contributed by atoms with van der Waals surface area (Å²) in [4.78, 5) is 11.8. The van der Waals surface area contributed by atoms with Crippen molar-refractivity contribution in [3.8, 4) is 6.07 Å². The monoisotopic (exact) mass is 262 g/mol. The van der Waals surface area contributed by atoms with E-state index in [-0.39, 0.29) is 11.5 Å². The molecule has 5 nitrogen and oxygen atoms in total. The van der Waals surface area contributed by atoms with Gasteiger partial charge in [0.15, 0.2) is 0 Å². The molecule has 0 spiro atoms. The van der Waals surface area contributed by atoms with Crippen molar-refractivity contribution < 1.29 is 14.3 Å². The third kappa shape index (κ3) is 5.40. The first kappa shape index (κ1) is 15.0. The Bertz CT molecular complexity index is 469. The minimum absolute atomic E-state index is 0.000744. The van der Waals surface area contributed by atoms with Gasteiger partial charge < -0.3 is 14.8 Å². The molecule has 0 saturated heterocycles. The number of carbonyl (C=O) groups is 1. The van der Waals surface area contributed by atoms with Crippen LogP contribution in [0.3, 0.4) is 0 Å². The van der Waals surface area contributed by atoms with Gasteiger partial charge in [-0.2, -0.15) is 5.26 Å². The van der Waals surface area contributed by atoms with Crippen LogP contribution in [0.5, 0.6) is 0 Å². The lowest BCUT2D eigenvalue weighted by Crippen LogP contribution is -2.30. The highest BCUT2D eigenvalue weighted by Gasteiger charge is 2.12. The highest BCUT2D eigenvalue weighted by atomic mass is 16.3. The van der Waals surface area contributed by atoms with Crippen molar-refractivity contribution in [1.82, 2.24) is 5.32 Å². The Hall–Kier alpha value is -2.06. The van der Waals surface area contributed by atoms with Gasteiger partial charge in [-0.25, -0.2) is 0 Å². The quantitative estimate of drug-likeness (QED) is 0.603. The number of aliphatic hydroxyl groups excluding tert-OH is 1. The molecule has 0 aliphatic rings.